The molecule has 4 nitrogen and oxygen atoms in total. The standard InChI is InChI=1S/C19H30N2O2/c1-14-6-4-5-7-18(14)20(3)13-19(22)21(16-9-10-16)12-17-11-8-15(2)23-17/h8,11,14,16,18H,4-7,9-10,12-13H2,1-3H3/t14-,18-/m0/s1. The smallest absolute Gasteiger partial charge is 0.237 e. The monoisotopic (exact) mass is 318 g/mol. The van der Waals surface area contributed by atoms with Crippen molar-refractivity contribution in [2.45, 2.75) is 71.0 Å². The maximum Gasteiger partial charge on any atom is 0.237 e. The fraction of sp³-hybridized carbons (Fsp3) is 0.737. The number of nitrogens with zero attached hydrogens (tertiary/aromatic N) is 2. The summed E-state index contributed by atoms with van der Waals surface area (Å²) in [6.07, 6.45) is 7.42. The number of hydrogen-bond donors (Lipinski definition) is 0. The Labute approximate surface area is 139 Å². The van der Waals surface area contributed by atoms with Crippen LogP contribution < -0.4 is 0 Å². The summed E-state index contributed by atoms with van der Waals surface area (Å²) in [4.78, 5) is 17.2. The normalized spacial score (nSPS) is 24.9. The molecule has 1 aromatic rings. The number of rotatable bonds is 6. The summed E-state index contributed by atoms with van der Waals surface area (Å²) in [6, 6.07) is 4.94. The lowest BCUT2D eigenvalue weighted by Gasteiger charge is -2.36. The first kappa shape index (κ1) is 16.6. The van der Waals surface area contributed by atoms with Gasteiger partial charge < -0.3 is 9.32 Å². The molecular formula is C19H30N2O2. The fourth-order valence-corrected chi connectivity index (χ4v) is 3.92. The van der Waals surface area contributed by atoms with E-state index in [0.29, 0.717) is 31.1 Å². The van der Waals surface area contributed by atoms with E-state index in [1.807, 2.05) is 24.0 Å². The highest BCUT2D eigenvalue weighted by atomic mass is 16.3. The molecular weight excluding hydrogens is 288 g/mol. The van der Waals surface area contributed by atoms with E-state index in [0.717, 1.165) is 24.4 Å². The molecule has 0 unspecified atom stereocenters. The maximum atomic E-state index is 12.8. The molecule has 3 rings (SSSR count). The van der Waals surface area contributed by atoms with Crippen LogP contribution in [0.25, 0.3) is 0 Å². The molecule has 2 aliphatic rings. The molecule has 23 heavy (non-hydrogen) atoms. The Kier molecular flexibility index (Phi) is 5.10. The van der Waals surface area contributed by atoms with E-state index in [4.69, 9.17) is 4.42 Å². The van der Waals surface area contributed by atoms with Gasteiger partial charge in [-0.15, -0.1) is 0 Å². The Morgan fingerprint density at radius 2 is 1.96 bits per heavy atom. The highest BCUT2D eigenvalue weighted by Gasteiger charge is 2.34. The van der Waals surface area contributed by atoms with Gasteiger partial charge in [-0.25, -0.2) is 0 Å². The number of amides is 1. The summed E-state index contributed by atoms with van der Waals surface area (Å²) in [5.41, 5.74) is 0. The molecule has 1 amide bonds. The molecule has 1 heterocycles. The van der Waals surface area contributed by atoms with Gasteiger partial charge in [0.1, 0.15) is 11.5 Å². The van der Waals surface area contributed by atoms with Gasteiger partial charge in [-0.2, -0.15) is 0 Å². The van der Waals surface area contributed by atoms with Gasteiger partial charge in [0.15, 0.2) is 0 Å². The van der Waals surface area contributed by atoms with Gasteiger partial charge in [-0.3, -0.25) is 9.69 Å². The number of carbonyl (C=O) groups is 1. The van der Waals surface area contributed by atoms with E-state index in [9.17, 15) is 4.79 Å². The molecule has 2 fully saturated rings. The third-order valence-electron chi connectivity index (χ3n) is 5.45. The first-order valence-electron chi connectivity index (χ1n) is 9.09. The lowest BCUT2D eigenvalue weighted by molar-refractivity contribution is -0.134. The Bertz CT molecular complexity index is 535. The van der Waals surface area contributed by atoms with Crippen LogP contribution in [-0.2, 0) is 11.3 Å². The molecule has 0 bridgehead atoms. The quantitative estimate of drug-likeness (QED) is 0.804. The van der Waals surface area contributed by atoms with Crippen LogP contribution >= 0.6 is 0 Å². The largest absolute Gasteiger partial charge is 0.464 e. The summed E-state index contributed by atoms with van der Waals surface area (Å²) in [7, 11) is 2.12. The second-order valence-electron chi connectivity index (χ2n) is 7.51. The van der Waals surface area contributed by atoms with Crippen molar-refractivity contribution in [2.75, 3.05) is 13.6 Å². The summed E-state index contributed by atoms with van der Waals surface area (Å²) < 4.78 is 5.67. The van der Waals surface area contributed by atoms with Crippen LogP contribution in [-0.4, -0.2) is 41.4 Å². The van der Waals surface area contributed by atoms with Crippen molar-refractivity contribution in [1.82, 2.24) is 9.80 Å². The molecule has 2 atom stereocenters. The minimum atomic E-state index is 0.252. The number of hydrogen-bond acceptors (Lipinski definition) is 3. The minimum Gasteiger partial charge on any atom is -0.464 e. The van der Waals surface area contributed by atoms with Gasteiger partial charge in [0.25, 0.3) is 0 Å². The van der Waals surface area contributed by atoms with Crippen LogP contribution in [0.1, 0.15) is 57.0 Å². The molecule has 0 N–H and O–H groups in total. The third-order valence-corrected chi connectivity index (χ3v) is 5.45. The minimum absolute atomic E-state index is 0.252. The van der Waals surface area contributed by atoms with Gasteiger partial charge >= 0.3 is 0 Å². The van der Waals surface area contributed by atoms with Crippen molar-refractivity contribution in [1.29, 1.82) is 0 Å². The van der Waals surface area contributed by atoms with Crippen molar-refractivity contribution in [2.24, 2.45) is 5.92 Å². The second-order valence-corrected chi connectivity index (χ2v) is 7.51. The Balaban J connectivity index is 1.59. The first-order valence-corrected chi connectivity index (χ1v) is 9.09. The van der Waals surface area contributed by atoms with Crippen LogP contribution in [0.4, 0.5) is 0 Å². The van der Waals surface area contributed by atoms with Crippen molar-refractivity contribution < 1.29 is 9.21 Å². The number of aryl methyl sites for hydroxylation is 1. The van der Waals surface area contributed by atoms with Gasteiger partial charge in [0.2, 0.25) is 5.91 Å². The molecule has 0 aromatic carbocycles. The molecule has 0 radical (unpaired) electrons. The van der Waals surface area contributed by atoms with Crippen LogP contribution in [0, 0.1) is 12.8 Å². The van der Waals surface area contributed by atoms with Crippen LogP contribution in [0.2, 0.25) is 0 Å². The Morgan fingerprint density at radius 3 is 2.57 bits per heavy atom. The number of carbonyl (C=O) groups excluding carboxylic acids is 1. The van der Waals surface area contributed by atoms with E-state index in [-0.39, 0.29) is 5.91 Å². The van der Waals surface area contributed by atoms with E-state index < -0.39 is 0 Å². The highest BCUT2D eigenvalue weighted by Crippen LogP contribution is 2.30. The van der Waals surface area contributed by atoms with E-state index in [1.54, 1.807) is 0 Å². The van der Waals surface area contributed by atoms with E-state index in [1.165, 1.54) is 25.7 Å². The zero-order chi connectivity index (χ0) is 16.4. The molecule has 0 spiro atoms. The highest BCUT2D eigenvalue weighted by molar-refractivity contribution is 5.79. The van der Waals surface area contributed by atoms with Crippen LogP contribution in [0.5, 0.6) is 0 Å². The predicted molar refractivity (Wildman–Crippen MR) is 91.1 cm³/mol. The first-order chi connectivity index (χ1) is 11.0. The molecule has 4 heteroatoms. The average molecular weight is 318 g/mol. The third kappa shape index (κ3) is 4.17. The maximum absolute atomic E-state index is 12.8. The van der Waals surface area contributed by atoms with Gasteiger partial charge in [-0.1, -0.05) is 19.8 Å². The SMILES string of the molecule is Cc1ccc(CN(C(=O)CN(C)[C@H]2CCCC[C@@H]2C)C2CC2)o1. The molecule has 2 saturated carbocycles. The van der Waals surface area contributed by atoms with E-state index in [2.05, 4.69) is 18.9 Å². The fourth-order valence-electron chi connectivity index (χ4n) is 3.92. The number of furan rings is 1. The predicted octanol–water partition coefficient (Wildman–Crippen LogP) is 3.59. The summed E-state index contributed by atoms with van der Waals surface area (Å²) in [5, 5.41) is 0. The second kappa shape index (κ2) is 7.08. The van der Waals surface area contributed by atoms with Gasteiger partial charge in [-0.05, 0) is 57.7 Å². The van der Waals surface area contributed by atoms with Gasteiger partial charge in [0.05, 0.1) is 13.1 Å². The molecule has 0 aliphatic heterocycles. The molecule has 1 aromatic heterocycles. The Morgan fingerprint density at radius 1 is 1.22 bits per heavy atom. The topological polar surface area (TPSA) is 36.7 Å². The molecule has 128 valence electrons. The molecule has 0 saturated heterocycles. The van der Waals surface area contributed by atoms with E-state index >= 15 is 0 Å². The lowest BCUT2D eigenvalue weighted by atomic mass is 9.85. The van der Waals surface area contributed by atoms with Crippen molar-refractivity contribution >= 4 is 5.91 Å². The van der Waals surface area contributed by atoms with Crippen molar-refractivity contribution in [3.63, 3.8) is 0 Å². The summed E-state index contributed by atoms with van der Waals surface area (Å²) >= 11 is 0. The molecule has 2 aliphatic carbocycles. The Hall–Kier alpha value is -1.29. The van der Waals surface area contributed by atoms with Crippen LogP contribution in [0.3, 0.4) is 0 Å². The van der Waals surface area contributed by atoms with Crippen molar-refractivity contribution in [3.8, 4) is 0 Å². The van der Waals surface area contributed by atoms with Crippen LogP contribution in [0.15, 0.2) is 16.5 Å². The summed E-state index contributed by atoms with van der Waals surface area (Å²) in [5.74, 6) is 2.76. The zero-order valence-electron chi connectivity index (χ0n) is 14.8. The zero-order valence-corrected chi connectivity index (χ0v) is 14.8. The summed E-state index contributed by atoms with van der Waals surface area (Å²) in [6.45, 7) is 5.43. The number of likely N-dealkylation sites (N-methyl/N-ethyl adjacent to an activating group) is 1. The average Bonchev–Trinajstić information content (AvgIpc) is 3.27. The van der Waals surface area contributed by atoms with Gasteiger partial charge in [0, 0.05) is 12.1 Å². The lowest BCUT2D eigenvalue weighted by Crippen LogP contribution is -2.46. The van der Waals surface area contributed by atoms with Crippen molar-refractivity contribution in [3.05, 3.63) is 23.7 Å².